The molecule has 0 aliphatic rings. The molecule has 0 atom stereocenters. The number of sulfone groups is 1. The summed E-state index contributed by atoms with van der Waals surface area (Å²) in [6.45, 7) is 1.36. The van der Waals surface area contributed by atoms with Crippen LogP contribution < -0.4 is 9.47 Å². The second-order valence-corrected chi connectivity index (χ2v) is 5.87. The zero-order valence-electron chi connectivity index (χ0n) is 10.6. The van der Waals surface area contributed by atoms with Gasteiger partial charge in [0.05, 0.1) is 20.0 Å². The van der Waals surface area contributed by atoms with Gasteiger partial charge in [-0.25, -0.2) is 8.42 Å². The quantitative estimate of drug-likeness (QED) is 0.784. The molecule has 0 radical (unpaired) electrons. The molecule has 0 fully saturated rings. The first-order chi connectivity index (χ1) is 8.40. The molecule has 1 aromatic carbocycles. The van der Waals surface area contributed by atoms with Crippen LogP contribution in [-0.2, 0) is 14.6 Å². The zero-order chi connectivity index (χ0) is 13.8. The predicted octanol–water partition coefficient (Wildman–Crippen LogP) is 1.46. The number of carbonyl (C=O) groups excluding carboxylic acids is 1. The molecule has 0 bridgehead atoms. The Labute approximate surface area is 107 Å². The van der Waals surface area contributed by atoms with E-state index < -0.39 is 9.84 Å². The molecule has 18 heavy (non-hydrogen) atoms. The van der Waals surface area contributed by atoms with Crippen LogP contribution in [0.3, 0.4) is 0 Å². The van der Waals surface area contributed by atoms with Gasteiger partial charge in [0.1, 0.15) is 22.2 Å². The molecule has 0 amide bonds. The van der Waals surface area contributed by atoms with Gasteiger partial charge in [0.15, 0.2) is 9.84 Å². The van der Waals surface area contributed by atoms with Crippen molar-refractivity contribution in [2.45, 2.75) is 18.2 Å². The van der Waals surface area contributed by atoms with Crippen LogP contribution in [0, 0.1) is 0 Å². The lowest BCUT2D eigenvalue weighted by Gasteiger charge is -2.10. The average Bonchev–Trinajstić information content (AvgIpc) is 2.35. The van der Waals surface area contributed by atoms with Crippen LogP contribution >= 0.6 is 0 Å². The summed E-state index contributed by atoms with van der Waals surface area (Å²) in [4.78, 5) is 10.9. The van der Waals surface area contributed by atoms with Crippen LogP contribution in [0.15, 0.2) is 23.1 Å². The van der Waals surface area contributed by atoms with Crippen LogP contribution in [0.5, 0.6) is 11.5 Å². The van der Waals surface area contributed by atoms with E-state index >= 15 is 0 Å². The third kappa shape index (κ3) is 3.46. The van der Waals surface area contributed by atoms with E-state index in [1.807, 2.05) is 0 Å². The van der Waals surface area contributed by atoms with Gasteiger partial charge in [-0.3, -0.25) is 4.79 Å². The highest BCUT2D eigenvalue weighted by Gasteiger charge is 2.20. The molecule has 6 heteroatoms. The summed E-state index contributed by atoms with van der Waals surface area (Å²) in [5.74, 6) is 0.353. The van der Waals surface area contributed by atoms with Gasteiger partial charge in [0.25, 0.3) is 0 Å². The van der Waals surface area contributed by atoms with Gasteiger partial charge in [-0.1, -0.05) is 0 Å². The molecule has 100 valence electrons. The summed E-state index contributed by atoms with van der Waals surface area (Å²) in [7, 11) is -0.652. The van der Waals surface area contributed by atoms with E-state index in [0.29, 0.717) is 5.75 Å². The number of hydrogen-bond acceptors (Lipinski definition) is 5. The Bertz CT molecular complexity index is 533. The Morgan fingerprint density at radius 2 is 1.89 bits per heavy atom. The van der Waals surface area contributed by atoms with Gasteiger partial charge in [-0.05, 0) is 19.1 Å². The van der Waals surface area contributed by atoms with E-state index in [1.165, 1.54) is 33.3 Å². The molecule has 0 saturated carbocycles. The van der Waals surface area contributed by atoms with E-state index in [1.54, 1.807) is 6.07 Å². The predicted molar refractivity (Wildman–Crippen MR) is 66.9 cm³/mol. The largest absolute Gasteiger partial charge is 0.497 e. The van der Waals surface area contributed by atoms with Crippen molar-refractivity contribution in [3.63, 3.8) is 0 Å². The molecular weight excluding hydrogens is 256 g/mol. The molecule has 0 spiro atoms. The molecule has 0 N–H and O–H groups in total. The highest BCUT2D eigenvalue weighted by atomic mass is 32.2. The van der Waals surface area contributed by atoms with Gasteiger partial charge in [0.2, 0.25) is 0 Å². The maximum absolute atomic E-state index is 12.0. The van der Waals surface area contributed by atoms with Gasteiger partial charge >= 0.3 is 0 Å². The highest BCUT2D eigenvalue weighted by molar-refractivity contribution is 7.91. The van der Waals surface area contributed by atoms with Crippen molar-refractivity contribution >= 4 is 15.6 Å². The SMILES string of the molecule is COc1ccc(S(=O)(=O)CCC(C)=O)c(OC)c1. The Hall–Kier alpha value is -1.56. The number of ether oxygens (including phenoxy) is 2. The second kappa shape index (κ2) is 5.86. The fourth-order valence-electron chi connectivity index (χ4n) is 1.42. The number of methoxy groups -OCH3 is 2. The standard InChI is InChI=1S/C12H16O5S/c1-9(13)6-7-18(14,15)12-5-4-10(16-2)8-11(12)17-3/h4-5,8H,6-7H2,1-3H3. The summed E-state index contributed by atoms with van der Waals surface area (Å²) in [5.41, 5.74) is 0. The summed E-state index contributed by atoms with van der Waals surface area (Å²) >= 11 is 0. The van der Waals surface area contributed by atoms with Crippen LogP contribution in [0.4, 0.5) is 0 Å². The smallest absolute Gasteiger partial charge is 0.182 e. The molecule has 0 aliphatic heterocycles. The van der Waals surface area contributed by atoms with Gasteiger partial charge in [0, 0.05) is 12.5 Å². The minimum atomic E-state index is -3.52. The zero-order valence-corrected chi connectivity index (χ0v) is 11.4. The van der Waals surface area contributed by atoms with E-state index in [4.69, 9.17) is 9.47 Å². The maximum Gasteiger partial charge on any atom is 0.182 e. The summed E-state index contributed by atoms with van der Waals surface area (Å²) in [6.07, 6.45) is -0.00246. The normalized spacial score (nSPS) is 11.1. The lowest BCUT2D eigenvalue weighted by Crippen LogP contribution is -2.11. The van der Waals surface area contributed by atoms with Crippen LogP contribution in [-0.4, -0.2) is 34.2 Å². The van der Waals surface area contributed by atoms with E-state index in [-0.39, 0.29) is 28.6 Å². The van der Waals surface area contributed by atoms with E-state index in [2.05, 4.69) is 0 Å². The van der Waals surface area contributed by atoms with Crippen molar-refractivity contribution in [3.8, 4) is 11.5 Å². The lowest BCUT2D eigenvalue weighted by atomic mass is 10.3. The minimum absolute atomic E-state index is 0.00246. The van der Waals surface area contributed by atoms with Crippen molar-refractivity contribution in [2.24, 2.45) is 0 Å². The first kappa shape index (κ1) is 14.5. The van der Waals surface area contributed by atoms with Gasteiger partial charge in [-0.2, -0.15) is 0 Å². The van der Waals surface area contributed by atoms with Crippen molar-refractivity contribution in [1.29, 1.82) is 0 Å². The molecule has 0 aromatic heterocycles. The summed E-state index contributed by atoms with van der Waals surface area (Å²) in [5, 5.41) is 0. The van der Waals surface area contributed by atoms with Crippen molar-refractivity contribution in [3.05, 3.63) is 18.2 Å². The number of carbonyl (C=O) groups is 1. The molecule has 0 heterocycles. The van der Waals surface area contributed by atoms with Gasteiger partial charge in [-0.15, -0.1) is 0 Å². The first-order valence-corrected chi connectivity index (χ1v) is 7.00. The molecule has 0 unspecified atom stereocenters. The monoisotopic (exact) mass is 272 g/mol. The number of rotatable bonds is 6. The highest BCUT2D eigenvalue weighted by Crippen LogP contribution is 2.29. The Kier molecular flexibility index (Phi) is 4.72. The molecule has 0 saturated heterocycles. The Morgan fingerprint density at radius 3 is 2.39 bits per heavy atom. The molecular formula is C12H16O5S. The molecule has 5 nitrogen and oxygen atoms in total. The second-order valence-electron chi connectivity index (χ2n) is 3.79. The topological polar surface area (TPSA) is 69.7 Å². The summed E-state index contributed by atoms with van der Waals surface area (Å²) < 4.78 is 34.1. The van der Waals surface area contributed by atoms with E-state index in [9.17, 15) is 13.2 Å². The van der Waals surface area contributed by atoms with Crippen LogP contribution in [0.25, 0.3) is 0 Å². The fraction of sp³-hybridized carbons (Fsp3) is 0.417. The van der Waals surface area contributed by atoms with Crippen molar-refractivity contribution < 1.29 is 22.7 Å². The molecule has 1 rings (SSSR count). The number of Topliss-reactive ketones (excluding diaryl/α,β-unsaturated/α-hetero) is 1. The fourth-order valence-corrected chi connectivity index (χ4v) is 2.92. The number of benzene rings is 1. The van der Waals surface area contributed by atoms with E-state index in [0.717, 1.165) is 0 Å². The average molecular weight is 272 g/mol. The molecule has 1 aromatic rings. The Morgan fingerprint density at radius 1 is 1.22 bits per heavy atom. The minimum Gasteiger partial charge on any atom is -0.497 e. The van der Waals surface area contributed by atoms with Crippen molar-refractivity contribution in [2.75, 3.05) is 20.0 Å². The maximum atomic E-state index is 12.0. The third-order valence-electron chi connectivity index (χ3n) is 2.43. The number of ketones is 1. The van der Waals surface area contributed by atoms with Crippen LogP contribution in [0.2, 0.25) is 0 Å². The van der Waals surface area contributed by atoms with Crippen molar-refractivity contribution in [1.82, 2.24) is 0 Å². The molecule has 0 aliphatic carbocycles. The Balaban J connectivity index is 3.11. The summed E-state index contributed by atoms with van der Waals surface area (Å²) in [6, 6.07) is 4.47. The first-order valence-electron chi connectivity index (χ1n) is 5.35. The van der Waals surface area contributed by atoms with Crippen LogP contribution in [0.1, 0.15) is 13.3 Å². The lowest BCUT2D eigenvalue weighted by molar-refractivity contribution is -0.116. The number of hydrogen-bond donors (Lipinski definition) is 0. The van der Waals surface area contributed by atoms with Gasteiger partial charge < -0.3 is 9.47 Å². The third-order valence-corrected chi connectivity index (χ3v) is 4.18.